The molecule has 2 aliphatic carbocycles. The molecule has 7 rings (SSSR count). The van der Waals surface area contributed by atoms with Gasteiger partial charge in [0.05, 0.1) is 5.57 Å². The van der Waals surface area contributed by atoms with Gasteiger partial charge < -0.3 is 0 Å². The van der Waals surface area contributed by atoms with Gasteiger partial charge in [-0.15, -0.1) is 0 Å². The lowest BCUT2D eigenvalue weighted by Crippen LogP contribution is -2.25. The van der Waals surface area contributed by atoms with Gasteiger partial charge in [-0.3, -0.25) is 0 Å². The van der Waals surface area contributed by atoms with Crippen LogP contribution in [0, 0.1) is 59.1 Å². The first kappa shape index (κ1) is 41.4. The minimum atomic E-state index is -4.66. The summed E-state index contributed by atoms with van der Waals surface area (Å²) in [6.45, 7) is 15.8. The molecule has 60 heavy (non-hydrogen) atoms. The highest BCUT2D eigenvalue weighted by atomic mass is 32.2. The third-order valence-corrected chi connectivity index (χ3v) is 11.2. The molecule has 0 amide bonds. The first-order valence-electron chi connectivity index (χ1n) is 17.1. The number of halogens is 10. The number of rotatable bonds is 6. The minimum Gasteiger partial charge on any atom is -0.204 e. The molecular weight excluding hydrogens is 839 g/mol. The van der Waals surface area contributed by atoms with Gasteiger partial charge in [0.25, 0.3) is 0 Å². The molecule has 5 aromatic carbocycles. The number of thioether (sulfide) groups is 2. The molecule has 0 fully saturated rings. The average molecular weight is 857 g/mol. The largest absolute Gasteiger partial charge is 0.523 e. The molecule has 0 bridgehead atoms. The smallest absolute Gasteiger partial charge is 0.204 e. The molecule has 0 N–H and O–H groups in total. The molecule has 16 heteroatoms. The van der Waals surface area contributed by atoms with Crippen LogP contribution in [0.25, 0.3) is 43.1 Å². The molecule has 0 heterocycles. The molecule has 0 aromatic heterocycles. The van der Waals surface area contributed by atoms with Crippen LogP contribution in [0.1, 0.15) is 22.3 Å². The average Bonchev–Trinajstić information content (AvgIpc) is 3.76. The standard InChI is InChI=1S/C44H18F10N4S2/c1-57-42(58-2)31-18-30-37(22-5-11-27(12-6-22)60-44(52,53)54)40-29(17-28(25(19-55)20-56)38(40)23-7-13-32(45)34(47)15-23)36(21-3-9-26(10-4-21)59-43(49,50)51)41(30)39(31)24-8-14-33(46)35(48)16-24/h3-16H,17-18H2. The van der Waals surface area contributed by atoms with Crippen molar-refractivity contribution >= 4 is 34.7 Å². The van der Waals surface area contributed by atoms with Gasteiger partial charge in [0.15, 0.2) is 23.3 Å². The summed E-state index contributed by atoms with van der Waals surface area (Å²) >= 11 is -0.795. The number of hydrogen-bond acceptors (Lipinski definition) is 4. The van der Waals surface area contributed by atoms with Crippen molar-refractivity contribution in [3.63, 3.8) is 0 Å². The number of fused-ring (bicyclic) bond motifs is 2. The van der Waals surface area contributed by atoms with Gasteiger partial charge in [-0.1, -0.05) is 36.4 Å². The van der Waals surface area contributed by atoms with Crippen molar-refractivity contribution < 1.29 is 43.9 Å². The predicted molar refractivity (Wildman–Crippen MR) is 204 cm³/mol. The molecule has 0 saturated carbocycles. The lowest BCUT2D eigenvalue weighted by atomic mass is 9.86. The summed E-state index contributed by atoms with van der Waals surface area (Å²) in [6.07, 6.45) is -0.604. The molecule has 0 atom stereocenters. The van der Waals surface area contributed by atoms with E-state index in [-0.39, 0.29) is 99.9 Å². The molecule has 5 aromatic rings. The van der Waals surface area contributed by atoms with Gasteiger partial charge >= 0.3 is 16.8 Å². The van der Waals surface area contributed by atoms with E-state index in [1.807, 2.05) is 12.1 Å². The van der Waals surface area contributed by atoms with Crippen LogP contribution in [-0.4, -0.2) is 11.0 Å². The van der Waals surface area contributed by atoms with E-state index in [0.29, 0.717) is 0 Å². The van der Waals surface area contributed by atoms with Crippen LogP contribution in [0.15, 0.2) is 117 Å². The van der Waals surface area contributed by atoms with E-state index in [1.54, 1.807) is 0 Å². The number of hydrogen-bond donors (Lipinski definition) is 0. The van der Waals surface area contributed by atoms with E-state index in [2.05, 4.69) is 9.69 Å². The Kier molecular flexibility index (Phi) is 10.9. The highest BCUT2D eigenvalue weighted by Crippen LogP contribution is 2.45. The van der Waals surface area contributed by atoms with Crippen molar-refractivity contribution in [3.8, 4) is 34.4 Å². The number of nitrogens with zero attached hydrogens (tertiary/aromatic N) is 4. The second-order valence-electron chi connectivity index (χ2n) is 13.1. The second kappa shape index (κ2) is 15.8. The zero-order chi connectivity index (χ0) is 43.3. The molecule has 296 valence electrons. The monoisotopic (exact) mass is 856 g/mol. The van der Waals surface area contributed by atoms with E-state index >= 15 is 8.78 Å². The van der Waals surface area contributed by atoms with Gasteiger partial charge in [0, 0.05) is 16.2 Å². The van der Waals surface area contributed by atoms with Crippen molar-refractivity contribution in [1.29, 1.82) is 10.5 Å². The van der Waals surface area contributed by atoms with Gasteiger partial charge in [0.1, 0.15) is 30.9 Å². The Morgan fingerprint density at radius 3 is 1.25 bits per heavy atom. The van der Waals surface area contributed by atoms with Gasteiger partial charge in [0.2, 0.25) is 0 Å². The molecule has 0 spiro atoms. The van der Waals surface area contributed by atoms with E-state index in [0.717, 1.165) is 24.3 Å². The lowest BCUT2D eigenvalue weighted by molar-refractivity contribution is -0.0337. The fourth-order valence-corrected chi connectivity index (χ4v) is 8.62. The molecule has 0 aliphatic heterocycles. The SMILES string of the molecule is [C-]#[N+]C([N+]#[C-])=C1Cc2c(-c3ccc(SC(F)(F)F)cc3)c3c(c(-c4ccc(SC(F)(F)F)cc4)c2=C1c1ccc(F)c(F)c1)CC(=C(C#N)C#N)C=3c1ccc(F)c(F)c1. The topological polar surface area (TPSA) is 56.3 Å². The van der Waals surface area contributed by atoms with Gasteiger partial charge in [-0.25, -0.2) is 17.6 Å². The summed E-state index contributed by atoms with van der Waals surface area (Å²) in [5, 5.41) is 20.8. The summed E-state index contributed by atoms with van der Waals surface area (Å²) in [4.78, 5) is 6.38. The lowest BCUT2D eigenvalue weighted by Gasteiger charge is -2.18. The van der Waals surface area contributed by atoms with E-state index in [1.165, 1.54) is 60.7 Å². The molecule has 0 radical (unpaired) electrons. The highest BCUT2D eigenvalue weighted by molar-refractivity contribution is 8.00. The number of benzene rings is 5. The van der Waals surface area contributed by atoms with E-state index in [9.17, 15) is 45.6 Å². The van der Waals surface area contributed by atoms with Crippen LogP contribution in [0.4, 0.5) is 43.9 Å². The van der Waals surface area contributed by atoms with E-state index < -0.39 is 69.2 Å². The summed E-state index contributed by atoms with van der Waals surface area (Å²) in [7, 11) is 0. The Balaban J connectivity index is 1.78. The van der Waals surface area contributed by atoms with E-state index in [4.69, 9.17) is 13.1 Å². The normalized spacial score (nSPS) is 13.3. The fourth-order valence-electron chi connectivity index (χ4n) is 7.54. The number of allylic oxidation sites excluding steroid dienone is 3. The summed E-state index contributed by atoms with van der Waals surface area (Å²) in [5.41, 5.74) is -8.35. The Bertz CT molecular complexity index is 2790. The number of nitriles is 2. The molecular formula is C44H18F10N4S2. The van der Waals surface area contributed by atoms with Crippen LogP contribution in [-0.2, 0) is 12.8 Å². The Labute approximate surface area is 342 Å². The zero-order valence-corrected chi connectivity index (χ0v) is 31.5. The van der Waals surface area contributed by atoms with Crippen LogP contribution < -0.4 is 10.4 Å². The van der Waals surface area contributed by atoms with Crippen molar-refractivity contribution in [2.75, 3.05) is 0 Å². The van der Waals surface area contributed by atoms with Gasteiger partial charge in [-0.05, 0) is 150 Å². The van der Waals surface area contributed by atoms with Crippen molar-refractivity contribution in [2.24, 2.45) is 0 Å². The zero-order valence-electron chi connectivity index (χ0n) is 29.9. The predicted octanol–water partition coefficient (Wildman–Crippen LogP) is 11.7. The van der Waals surface area contributed by atoms with Crippen molar-refractivity contribution in [3.05, 3.63) is 186 Å². The molecule has 4 nitrogen and oxygen atoms in total. The molecule has 0 unspecified atom stereocenters. The van der Waals surface area contributed by atoms with Crippen LogP contribution in [0.5, 0.6) is 0 Å². The maximum absolute atomic E-state index is 15.1. The minimum absolute atomic E-state index is 0.0194. The van der Waals surface area contributed by atoms with Crippen LogP contribution >= 0.6 is 23.5 Å². The maximum Gasteiger partial charge on any atom is 0.523 e. The Hall–Kier alpha value is -6.72. The molecule has 2 aliphatic rings. The highest BCUT2D eigenvalue weighted by Gasteiger charge is 2.37. The summed E-state index contributed by atoms with van der Waals surface area (Å²) in [5.74, 6) is -5.57. The third-order valence-electron chi connectivity index (χ3n) is 9.69. The third kappa shape index (κ3) is 7.76. The number of alkyl halides is 6. The summed E-state index contributed by atoms with van der Waals surface area (Å²) in [6, 6.07) is 19.4. The van der Waals surface area contributed by atoms with Gasteiger partial charge in [-0.2, -0.15) is 46.6 Å². The Morgan fingerprint density at radius 1 is 0.533 bits per heavy atom. The maximum atomic E-state index is 15.1. The van der Waals surface area contributed by atoms with Crippen LogP contribution in [0.3, 0.4) is 0 Å². The quantitative estimate of drug-likeness (QED) is 0.0739. The van der Waals surface area contributed by atoms with Crippen LogP contribution in [0.2, 0.25) is 0 Å². The van der Waals surface area contributed by atoms with Crippen molar-refractivity contribution in [1.82, 2.24) is 0 Å². The Morgan fingerprint density at radius 2 is 0.900 bits per heavy atom. The second-order valence-corrected chi connectivity index (χ2v) is 15.3. The first-order chi connectivity index (χ1) is 28.5. The molecule has 0 saturated heterocycles. The fraction of sp³-hybridized carbons (Fsp3) is 0.0909. The summed E-state index contributed by atoms with van der Waals surface area (Å²) < 4.78 is 140. The van der Waals surface area contributed by atoms with Crippen molar-refractivity contribution in [2.45, 2.75) is 33.6 Å². The first-order valence-corrected chi connectivity index (χ1v) is 18.7.